The second-order valence-electron chi connectivity index (χ2n) is 16.3. The van der Waals surface area contributed by atoms with Crippen LogP contribution in [0.15, 0.2) is 169 Å². The molecule has 0 N–H and O–H groups in total. The Kier molecular flexibility index (Phi) is 6.48. The van der Waals surface area contributed by atoms with Crippen molar-refractivity contribution in [3.8, 4) is 28.1 Å². The van der Waals surface area contributed by atoms with Crippen molar-refractivity contribution in [2.45, 2.75) is 18.8 Å². The van der Waals surface area contributed by atoms with Gasteiger partial charge in [-0.3, -0.25) is 9.56 Å². The lowest BCUT2D eigenvalue weighted by Crippen LogP contribution is -2.11. The molecule has 0 spiro atoms. The molecule has 2 saturated carbocycles. The van der Waals surface area contributed by atoms with Gasteiger partial charge in [0.05, 0.1) is 28.3 Å². The van der Waals surface area contributed by atoms with Gasteiger partial charge >= 0.3 is 0 Å². The fourth-order valence-electron chi connectivity index (χ4n) is 10.1. The minimum absolute atomic E-state index is 0.403. The summed E-state index contributed by atoms with van der Waals surface area (Å²) in [6.45, 7) is 0. The number of aromatic nitrogens is 3. The van der Waals surface area contributed by atoms with Crippen LogP contribution in [0.4, 0.5) is 0 Å². The van der Waals surface area contributed by atoms with Gasteiger partial charge < -0.3 is 0 Å². The van der Waals surface area contributed by atoms with Crippen LogP contribution in [0.1, 0.15) is 41.1 Å². The molecule has 0 radical (unpaired) electrons. The summed E-state index contributed by atoms with van der Waals surface area (Å²) in [7, 11) is 0. The highest BCUT2D eigenvalue weighted by Crippen LogP contribution is 2.54. The molecule has 0 bridgehead atoms. The quantitative estimate of drug-likeness (QED) is 0.166. The third-order valence-corrected chi connectivity index (χ3v) is 13.0. The van der Waals surface area contributed by atoms with E-state index in [1.54, 1.807) is 0 Å². The molecule has 4 atom stereocenters. The number of aliphatic imine (C=N–C) groups is 1. The standard InChI is InChI=1S/C53H36N4/c1-3-12-40-38(10-1)50(34-21-19-31-18-20-33-27-44(33)43(31)28-34)39-11-2-4-13-41(39)51(40)46-15-7-16-47(55-46)52-45-29-35(45)30-48(56-52)32-22-24-36(25-23-32)57-49-17-6-5-9-37(49)42-14-8-26-54-53(42)57/h1-26,28,30,33,35,44-45H,27,29H2. The Labute approximate surface area is 330 Å². The van der Waals surface area contributed by atoms with Crippen molar-refractivity contribution in [3.05, 3.63) is 186 Å². The lowest BCUT2D eigenvalue weighted by molar-refractivity contribution is 0.996. The van der Waals surface area contributed by atoms with E-state index in [1.165, 1.54) is 61.2 Å². The number of allylic oxidation sites excluding steroid dienone is 2. The molecule has 4 aliphatic rings. The van der Waals surface area contributed by atoms with E-state index in [0.717, 1.165) is 57.0 Å². The van der Waals surface area contributed by atoms with Crippen molar-refractivity contribution >= 4 is 61.0 Å². The van der Waals surface area contributed by atoms with Crippen LogP contribution in [-0.2, 0) is 0 Å². The SMILES string of the molecule is C1=CC2CC2c2cc(-c3c4ccccc4c(-c4cccc(C5=NC(c6ccc(-n7c8ccccc8c8cccnc87)cc6)=CC6CC56)n4)c4ccccc34)ccc21. The highest BCUT2D eigenvalue weighted by molar-refractivity contribution is 6.21. The summed E-state index contributed by atoms with van der Waals surface area (Å²) < 4.78 is 2.26. The van der Waals surface area contributed by atoms with Crippen molar-refractivity contribution < 1.29 is 0 Å². The van der Waals surface area contributed by atoms with Gasteiger partial charge in [-0.05, 0) is 122 Å². The van der Waals surface area contributed by atoms with E-state index in [1.807, 2.05) is 12.3 Å². The first-order valence-corrected chi connectivity index (χ1v) is 20.2. The molecule has 4 unspecified atom stereocenters. The first-order valence-electron chi connectivity index (χ1n) is 20.2. The average Bonchev–Trinajstić information content (AvgIpc) is 4.21. The predicted octanol–water partition coefficient (Wildman–Crippen LogP) is 12.8. The molecule has 1 aliphatic heterocycles. The number of fused-ring (bicyclic) bond motifs is 9. The summed E-state index contributed by atoms with van der Waals surface area (Å²) in [5.74, 6) is 2.27. The van der Waals surface area contributed by atoms with Crippen LogP contribution >= 0.6 is 0 Å². The van der Waals surface area contributed by atoms with Gasteiger partial charge in [0.2, 0.25) is 0 Å². The normalized spacial score (nSPS) is 20.3. The zero-order valence-corrected chi connectivity index (χ0v) is 31.2. The van der Waals surface area contributed by atoms with Gasteiger partial charge in [0.25, 0.3) is 0 Å². The summed E-state index contributed by atoms with van der Waals surface area (Å²) >= 11 is 0. The molecule has 3 aromatic heterocycles. The highest BCUT2D eigenvalue weighted by atomic mass is 15.0. The summed E-state index contributed by atoms with van der Waals surface area (Å²) in [6, 6.07) is 53.0. The monoisotopic (exact) mass is 728 g/mol. The Morgan fingerprint density at radius 3 is 2.04 bits per heavy atom. The van der Waals surface area contributed by atoms with Crippen LogP contribution in [0, 0.1) is 17.8 Å². The van der Waals surface area contributed by atoms with Gasteiger partial charge in [-0.15, -0.1) is 0 Å². The van der Waals surface area contributed by atoms with E-state index in [4.69, 9.17) is 15.0 Å². The maximum absolute atomic E-state index is 5.48. The molecular formula is C53H36N4. The second-order valence-corrected chi connectivity index (χ2v) is 16.3. The summed E-state index contributed by atoms with van der Waals surface area (Å²) in [4.78, 5) is 15.6. The molecule has 4 nitrogen and oxygen atoms in total. The average molecular weight is 729 g/mol. The number of hydrogen-bond acceptors (Lipinski definition) is 3. The maximum Gasteiger partial charge on any atom is 0.145 e. The number of rotatable bonds is 5. The van der Waals surface area contributed by atoms with Crippen LogP contribution in [-0.4, -0.2) is 20.2 Å². The van der Waals surface area contributed by atoms with Gasteiger partial charge in [0.1, 0.15) is 5.65 Å². The Morgan fingerprint density at radius 2 is 1.23 bits per heavy atom. The molecule has 0 amide bonds. The molecule has 9 aromatic rings. The molecule has 4 heteroatoms. The van der Waals surface area contributed by atoms with Gasteiger partial charge in [-0.1, -0.05) is 121 Å². The smallest absolute Gasteiger partial charge is 0.145 e. The van der Waals surface area contributed by atoms with Crippen molar-refractivity contribution in [2.75, 3.05) is 0 Å². The molecule has 13 rings (SSSR count). The van der Waals surface area contributed by atoms with Crippen LogP contribution in [0.3, 0.4) is 0 Å². The van der Waals surface area contributed by atoms with Gasteiger partial charge in [0.15, 0.2) is 0 Å². The largest absolute Gasteiger partial charge is 0.294 e. The lowest BCUT2D eigenvalue weighted by atomic mass is 9.85. The Bertz CT molecular complexity index is 3160. The third-order valence-electron chi connectivity index (χ3n) is 13.0. The molecular weight excluding hydrogens is 693 g/mol. The van der Waals surface area contributed by atoms with Crippen molar-refractivity contribution in [1.82, 2.24) is 14.5 Å². The van der Waals surface area contributed by atoms with E-state index in [-0.39, 0.29) is 0 Å². The Balaban J connectivity index is 0.901. The van der Waals surface area contributed by atoms with Crippen LogP contribution in [0.25, 0.3) is 83.3 Å². The zero-order chi connectivity index (χ0) is 37.2. The minimum Gasteiger partial charge on any atom is -0.294 e. The molecule has 6 aromatic carbocycles. The first-order chi connectivity index (χ1) is 28.2. The van der Waals surface area contributed by atoms with Crippen molar-refractivity contribution in [3.63, 3.8) is 0 Å². The van der Waals surface area contributed by atoms with Crippen LogP contribution in [0.5, 0.6) is 0 Å². The second kappa shape index (κ2) is 11.8. The summed E-state index contributed by atoms with van der Waals surface area (Å²) in [6.07, 6.45) is 11.3. The molecule has 0 saturated heterocycles. The fourth-order valence-corrected chi connectivity index (χ4v) is 10.1. The maximum atomic E-state index is 5.48. The molecule has 2 fully saturated rings. The zero-order valence-electron chi connectivity index (χ0n) is 31.2. The summed E-state index contributed by atoms with van der Waals surface area (Å²) in [5, 5.41) is 7.36. The first kappa shape index (κ1) is 31.3. The van der Waals surface area contributed by atoms with E-state index >= 15 is 0 Å². The van der Waals surface area contributed by atoms with E-state index in [2.05, 4.69) is 162 Å². The van der Waals surface area contributed by atoms with Gasteiger partial charge in [-0.2, -0.15) is 0 Å². The molecule has 4 heterocycles. The molecule has 57 heavy (non-hydrogen) atoms. The lowest BCUT2D eigenvalue weighted by Gasteiger charge is -2.19. The third kappa shape index (κ3) is 4.77. The highest BCUT2D eigenvalue weighted by Gasteiger charge is 2.43. The van der Waals surface area contributed by atoms with E-state index in [9.17, 15) is 0 Å². The number of hydrogen-bond donors (Lipinski definition) is 0. The van der Waals surface area contributed by atoms with E-state index < -0.39 is 0 Å². The van der Waals surface area contributed by atoms with Crippen molar-refractivity contribution in [1.29, 1.82) is 0 Å². The van der Waals surface area contributed by atoms with Gasteiger partial charge in [-0.25, -0.2) is 9.97 Å². The number of pyridine rings is 2. The fraction of sp³-hybridized carbons (Fsp3) is 0.113. The topological polar surface area (TPSA) is 43.1 Å². The summed E-state index contributed by atoms with van der Waals surface area (Å²) in [5.41, 5.74) is 15.1. The Morgan fingerprint density at radius 1 is 0.544 bits per heavy atom. The van der Waals surface area contributed by atoms with Gasteiger partial charge in [0, 0.05) is 34.1 Å². The molecule has 3 aliphatic carbocycles. The van der Waals surface area contributed by atoms with Crippen molar-refractivity contribution in [2.24, 2.45) is 22.7 Å². The number of nitrogens with zero attached hydrogens (tertiary/aromatic N) is 4. The Hall–Kier alpha value is -6.91. The number of para-hydroxylation sites is 1. The van der Waals surface area contributed by atoms with E-state index in [0.29, 0.717) is 23.7 Å². The number of benzene rings is 6. The van der Waals surface area contributed by atoms with Crippen LogP contribution in [0.2, 0.25) is 0 Å². The van der Waals surface area contributed by atoms with Crippen LogP contribution < -0.4 is 0 Å². The minimum atomic E-state index is 0.403. The molecule has 268 valence electrons. The predicted molar refractivity (Wildman–Crippen MR) is 235 cm³/mol.